The van der Waals surface area contributed by atoms with Crippen molar-refractivity contribution in [1.29, 1.82) is 0 Å². The lowest BCUT2D eigenvalue weighted by Crippen LogP contribution is -2.30. The number of hydrogen-bond donors (Lipinski definition) is 1. The molecular weight excluding hydrogens is 188 g/mol. The lowest BCUT2D eigenvalue weighted by Gasteiger charge is -2.17. The topological polar surface area (TPSA) is 24.5 Å². The maximum absolute atomic E-state index is 5.21. The van der Waals surface area contributed by atoms with Gasteiger partial charge in [0.25, 0.3) is 0 Å². The SMILES string of the molecule is CCCNCCN(C)CCCC(C)OC. The fourth-order valence-electron chi connectivity index (χ4n) is 1.45. The lowest BCUT2D eigenvalue weighted by atomic mass is 10.2. The minimum atomic E-state index is 0.400. The third kappa shape index (κ3) is 10.2. The van der Waals surface area contributed by atoms with Gasteiger partial charge in [-0.1, -0.05) is 6.92 Å². The molecule has 0 saturated heterocycles. The van der Waals surface area contributed by atoms with E-state index < -0.39 is 0 Å². The van der Waals surface area contributed by atoms with E-state index in [4.69, 9.17) is 4.74 Å². The van der Waals surface area contributed by atoms with Gasteiger partial charge in [0, 0.05) is 20.2 Å². The number of methoxy groups -OCH3 is 1. The van der Waals surface area contributed by atoms with Crippen LogP contribution in [0.15, 0.2) is 0 Å². The molecule has 0 amide bonds. The van der Waals surface area contributed by atoms with Gasteiger partial charge >= 0.3 is 0 Å². The third-order valence-electron chi connectivity index (χ3n) is 2.65. The van der Waals surface area contributed by atoms with E-state index in [2.05, 4.69) is 31.1 Å². The van der Waals surface area contributed by atoms with Gasteiger partial charge in [-0.05, 0) is 46.3 Å². The van der Waals surface area contributed by atoms with Crippen LogP contribution in [-0.2, 0) is 4.74 Å². The number of hydrogen-bond acceptors (Lipinski definition) is 3. The molecule has 0 aliphatic carbocycles. The van der Waals surface area contributed by atoms with Crippen LogP contribution in [0, 0.1) is 0 Å². The summed E-state index contributed by atoms with van der Waals surface area (Å²) in [5.41, 5.74) is 0. The summed E-state index contributed by atoms with van der Waals surface area (Å²) in [5, 5.41) is 3.41. The molecule has 0 rings (SSSR count). The van der Waals surface area contributed by atoms with Crippen molar-refractivity contribution in [3.8, 4) is 0 Å². The summed E-state index contributed by atoms with van der Waals surface area (Å²) in [4.78, 5) is 2.38. The Morgan fingerprint density at radius 1 is 1.27 bits per heavy atom. The molecule has 0 aliphatic rings. The zero-order valence-corrected chi connectivity index (χ0v) is 10.9. The molecular formula is C12H28N2O. The molecule has 0 saturated carbocycles. The van der Waals surface area contributed by atoms with Crippen molar-refractivity contribution in [3.05, 3.63) is 0 Å². The summed E-state index contributed by atoms with van der Waals surface area (Å²) in [5.74, 6) is 0. The van der Waals surface area contributed by atoms with Crippen molar-refractivity contribution in [2.45, 2.75) is 39.2 Å². The van der Waals surface area contributed by atoms with E-state index in [0.717, 1.165) is 26.1 Å². The van der Waals surface area contributed by atoms with Crippen molar-refractivity contribution in [3.63, 3.8) is 0 Å². The summed E-state index contributed by atoms with van der Waals surface area (Å²) in [6.07, 6.45) is 3.99. The standard InChI is InChI=1S/C12H28N2O/c1-5-8-13-9-11-14(3)10-6-7-12(2)15-4/h12-13H,5-11H2,1-4H3. The average molecular weight is 216 g/mol. The van der Waals surface area contributed by atoms with Gasteiger partial charge in [-0.2, -0.15) is 0 Å². The quantitative estimate of drug-likeness (QED) is 0.563. The molecule has 0 aromatic carbocycles. The van der Waals surface area contributed by atoms with Gasteiger partial charge in [-0.15, -0.1) is 0 Å². The van der Waals surface area contributed by atoms with Crippen LogP contribution < -0.4 is 5.32 Å². The van der Waals surface area contributed by atoms with Crippen molar-refractivity contribution in [1.82, 2.24) is 10.2 Å². The van der Waals surface area contributed by atoms with E-state index in [1.807, 2.05) is 0 Å². The summed E-state index contributed by atoms with van der Waals surface area (Å²) >= 11 is 0. The molecule has 15 heavy (non-hydrogen) atoms. The Morgan fingerprint density at radius 3 is 2.60 bits per heavy atom. The van der Waals surface area contributed by atoms with Crippen LogP contribution in [0.4, 0.5) is 0 Å². The van der Waals surface area contributed by atoms with Crippen molar-refractivity contribution in [2.24, 2.45) is 0 Å². The minimum absolute atomic E-state index is 0.400. The highest BCUT2D eigenvalue weighted by molar-refractivity contribution is 4.57. The molecule has 0 heterocycles. The zero-order chi connectivity index (χ0) is 11.5. The molecule has 0 aliphatic heterocycles. The molecule has 1 N–H and O–H groups in total. The van der Waals surface area contributed by atoms with E-state index in [1.54, 1.807) is 7.11 Å². The summed E-state index contributed by atoms with van der Waals surface area (Å²) in [6.45, 7) is 8.87. The molecule has 0 aromatic rings. The molecule has 0 aromatic heterocycles. The number of likely N-dealkylation sites (N-methyl/N-ethyl adjacent to an activating group) is 1. The second-order valence-electron chi connectivity index (χ2n) is 4.24. The first-order valence-electron chi connectivity index (χ1n) is 6.12. The molecule has 1 atom stereocenters. The molecule has 92 valence electrons. The van der Waals surface area contributed by atoms with Crippen molar-refractivity contribution < 1.29 is 4.74 Å². The van der Waals surface area contributed by atoms with Gasteiger partial charge in [0.2, 0.25) is 0 Å². The number of ether oxygens (including phenoxy) is 1. The second kappa shape index (κ2) is 10.4. The Kier molecular flexibility index (Phi) is 10.3. The van der Waals surface area contributed by atoms with Crippen LogP contribution in [0.25, 0.3) is 0 Å². The molecule has 3 heteroatoms. The normalized spacial score (nSPS) is 13.4. The second-order valence-corrected chi connectivity index (χ2v) is 4.24. The lowest BCUT2D eigenvalue weighted by molar-refractivity contribution is 0.106. The van der Waals surface area contributed by atoms with E-state index >= 15 is 0 Å². The van der Waals surface area contributed by atoms with Gasteiger partial charge in [0.15, 0.2) is 0 Å². The predicted octanol–water partition coefficient (Wildman–Crippen LogP) is 1.73. The molecule has 1 unspecified atom stereocenters. The molecule has 0 fully saturated rings. The van der Waals surface area contributed by atoms with Crippen LogP contribution >= 0.6 is 0 Å². The predicted molar refractivity (Wildman–Crippen MR) is 66.4 cm³/mol. The average Bonchev–Trinajstić information content (AvgIpc) is 2.24. The Bertz CT molecular complexity index is 131. The van der Waals surface area contributed by atoms with Gasteiger partial charge in [-0.3, -0.25) is 0 Å². The van der Waals surface area contributed by atoms with Gasteiger partial charge in [-0.25, -0.2) is 0 Å². The first-order valence-corrected chi connectivity index (χ1v) is 6.12. The van der Waals surface area contributed by atoms with Gasteiger partial charge < -0.3 is 15.0 Å². The summed E-state index contributed by atoms with van der Waals surface area (Å²) < 4.78 is 5.21. The van der Waals surface area contributed by atoms with E-state index in [9.17, 15) is 0 Å². The largest absolute Gasteiger partial charge is 0.382 e. The van der Waals surface area contributed by atoms with Crippen LogP contribution in [0.3, 0.4) is 0 Å². The van der Waals surface area contributed by atoms with E-state index in [-0.39, 0.29) is 0 Å². The first kappa shape index (κ1) is 14.9. The highest BCUT2D eigenvalue weighted by atomic mass is 16.5. The fraction of sp³-hybridized carbons (Fsp3) is 1.00. The zero-order valence-electron chi connectivity index (χ0n) is 10.9. The Balaban J connectivity index is 3.21. The number of rotatable bonds is 10. The minimum Gasteiger partial charge on any atom is -0.382 e. The van der Waals surface area contributed by atoms with E-state index in [0.29, 0.717) is 6.10 Å². The molecule has 0 radical (unpaired) electrons. The molecule has 3 nitrogen and oxygen atoms in total. The smallest absolute Gasteiger partial charge is 0.0543 e. The molecule has 0 spiro atoms. The maximum atomic E-state index is 5.21. The highest BCUT2D eigenvalue weighted by Crippen LogP contribution is 2.00. The van der Waals surface area contributed by atoms with Crippen LogP contribution in [0.2, 0.25) is 0 Å². The van der Waals surface area contributed by atoms with Crippen LogP contribution in [0.5, 0.6) is 0 Å². The first-order chi connectivity index (χ1) is 7.20. The monoisotopic (exact) mass is 216 g/mol. The summed E-state index contributed by atoms with van der Waals surface area (Å²) in [6, 6.07) is 0. The summed E-state index contributed by atoms with van der Waals surface area (Å²) in [7, 11) is 3.97. The Hall–Kier alpha value is -0.120. The highest BCUT2D eigenvalue weighted by Gasteiger charge is 2.01. The van der Waals surface area contributed by atoms with Gasteiger partial charge in [0.1, 0.15) is 0 Å². The van der Waals surface area contributed by atoms with E-state index in [1.165, 1.54) is 19.4 Å². The third-order valence-corrected chi connectivity index (χ3v) is 2.65. The van der Waals surface area contributed by atoms with Gasteiger partial charge in [0.05, 0.1) is 6.10 Å². The number of nitrogens with zero attached hydrogens (tertiary/aromatic N) is 1. The van der Waals surface area contributed by atoms with Crippen LogP contribution in [0.1, 0.15) is 33.1 Å². The maximum Gasteiger partial charge on any atom is 0.0543 e. The van der Waals surface area contributed by atoms with Crippen molar-refractivity contribution in [2.75, 3.05) is 40.3 Å². The van der Waals surface area contributed by atoms with Crippen molar-refractivity contribution >= 4 is 0 Å². The number of nitrogens with one attached hydrogen (secondary N) is 1. The fourth-order valence-corrected chi connectivity index (χ4v) is 1.45. The Morgan fingerprint density at radius 2 is 2.00 bits per heavy atom. The van der Waals surface area contributed by atoms with Crippen LogP contribution in [-0.4, -0.2) is 51.3 Å². The molecule has 0 bridgehead atoms. The Labute approximate surface area is 95.2 Å².